The van der Waals surface area contributed by atoms with Crippen LogP contribution in [0.25, 0.3) is 0 Å². The van der Waals surface area contributed by atoms with E-state index < -0.39 is 22.5 Å². The van der Waals surface area contributed by atoms with E-state index in [1.165, 1.54) is 31.2 Å². The third-order valence-electron chi connectivity index (χ3n) is 3.70. The minimum absolute atomic E-state index is 0.00578. The molecule has 0 aromatic heterocycles. The van der Waals surface area contributed by atoms with Crippen LogP contribution in [0.4, 0.5) is 11.4 Å². The maximum absolute atomic E-state index is 13.1. The minimum atomic E-state index is -4.01. The Balaban J connectivity index is 2.50. The van der Waals surface area contributed by atoms with Crippen molar-refractivity contribution in [2.75, 3.05) is 16.2 Å². The van der Waals surface area contributed by atoms with Crippen molar-refractivity contribution in [3.05, 3.63) is 53.6 Å². The SMILES string of the molecule is CC(=O)Nc1ccc(S(=O)(=O)N(CC(N)=O)c2cc(C)ccc2C)cc1. The third kappa shape index (κ3) is 4.40. The fourth-order valence-corrected chi connectivity index (χ4v) is 3.96. The monoisotopic (exact) mass is 375 g/mol. The van der Waals surface area contributed by atoms with Gasteiger partial charge in [-0.25, -0.2) is 8.42 Å². The first-order valence-electron chi connectivity index (χ1n) is 7.87. The lowest BCUT2D eigenvalue weighted by Crippen LogP contribution is -2.39. The van der Waals surface area contributed by atoms with E-state index in [4.69, 9.17) is 5.73 Å². The van der Waals surface area contributed by atoms with Gasteiger partial charge in [-0.15, -0.1) is 0 Å². The molecule has 7 nitrogen and oxygen atoms in total. The van der Waals surface area contributed by atoms with Crippen molar-refractivity contribution in [1.29, 1.82) is 0 Å². The van der Waals surface area contributed by atoms with Gasteiger partial charge in [0.1, 0.15) is 6.54 Å². The summed E-state index contributed by atoms with van der Waals surface area (Å²) in [6, 6.07) is 11.1. The number of anilines is 2. The summed E-state index contributed by atoms with van der Waals surface area (Å²) in [6.45, 7) is 4.48. The Morgan fingerprint density at radius 1 is 1.08 bits per heavy atom. The average Bonchev–Trinajstić information content (AvgIpc) is 2.55. The van der Waals surface area contributed by atoms with Crippen molar-refractivity contribution in [2.24, 2.45) is 5.73 Å². The molecule has 8 heteroatoms. The van der Waals surface area contributed by atoms with Gasteiger partial charge < -0.3 is 11.1 Å². The van der Waals surface area contributed by atoms with Gasteiger partial charge in [-0.2, -0.15) is 0 Å². The van der Waals surface area contributed by atoms with Crippen molar-refractivity contribution >= 4 is 33.2 Å². The van der Waals surface area contributed by atoms with Crippen LogP contribution < -0.4 is 15.4 Å². The zero-order chi connectivity index (χ0) is 19.5. The van der Waals surface area contributed by atoms with E-state index in [1.807, 2.05) is 13.0 Å². The number of carbonyl (C=O) groups is 2. The minimum Gasteiger partial charge on any atom is -0.368 e. The molecule has 138 valence electrons. The lowest BCUT2D eigenvalue weighted by molar-refractivity contribution is -0.116. The molecule has 2 amide bonds. The largest absolute Gasteiger partial charge is 0.368 e. The van der Waals surface area contributed by atoms with Crippen LogP contribution in [0, 0.1) is 13.8 Å². The van der Waals surface area contributed by atoms with Crippen molar-refractivity contribution < 1.29 is 18.0 Å². The smallest absolute Gasteiger partial charge is 0.264 e. The molecule has 0 bridgehead atoms. The Labute approximate surface area is 152 Å². The van der Waals surface area contributed by atoms with Gasteiger partial charge in [0, 0.05) is 12.6 Å². The summed E-state index contributed by atoms with van der Waals surface area (Å²) in [6.07, 6.45) is 0. The van der Waals surface area contributed by atoms with Gasteiger partial charge in [0.05, 0.1) is 10.6 Å². The second-order valence-electron chi connectivity index (χ2n) is 5.97. The van der Waals surface area contributed by atoms with Gasteiger partial charge >= 0.3 is 0 Å². The van der Waals surface area contributed by atoms with Crippen LogP contribution in [0.3, 0.4) is 0 Å². The van der Waals surface area contributed by atoms with Gasteiger partial charge in [0.2, 0.25) is 11.8 Å². The molecule has 0 saturated carbocycles. The molecule has 0 aliphatic rings. The number of amides is 2. The van der Waals surface area contributed by atoms with Gasteiger partial charge in [-0.1, -0.05) is 12.1 Å². The van der Waals surface area contributed by atoms with Gasteiger partial charge in [-0.3, -0.25) is 13.9 Å². The zero-order valence-electron chi connectivity index (χ0n) is 14.8. The Morgan fingerprint density at radius 2 is 1.69 bits per heavy atom. The number of aryl methyl sites for hydroxylation is 2. The number of nitrogens with one attached hydrogen (secondary N) is 1. The summed E-state index contributed by atoms with van der Waals surface area (Å²) in [5, 5.41) is 2.57. The fourth-order valence-electron chi connectivity index (χ4n) is 2.47. The quantitative estimate of drug-likeness (QED) is 0.804. The van der Waals surface area contributed by atoms with Crippen LogP contribution >= 0.6 is 0 Å². The number of nitrogens with two attached hydrogens (primary N) is 1. The number of sulfonamides is 1. The summed E-state index contributed by atoms with van der Waals surface area (Å²) >= 11 is 0. The predicted octanol–water partition coefficient (Wildman–Crippen LogP) is 1.94. The molecule has 3 N–H and O–H groups in total. The van der Waals surface area contributed by atoms with E-state index in [2.05, 4.69) is 5.32 Å². The highest BCUT2D eigenvalue weighted by atomic mass is 32.2. The topological polar surface area (TPSA) is 110 Å². The van der Waals surface area contributed by atoms with Crippen LogP contribution in [0.15, 0.2) is 47.4 Å². The summed E-state index contributed by atoms with van der Waals surface area (Å²) in [5.74, 6) is -1.02. The van der Waals surface area contributed by atoms with Crippen molar-refractivity contribution in [2.45, 2.75) is 25.7 Å². The molecule has 0 heterocycles. The van der Waals surface area contributed by atoms with Crippen LogP contribution in [0.5, 0.6) is 0 Å². The molecular formula is C18H21N3O4S. The Morgan fingerprint density at radius 3 is 2.23 bits per heavy atom. The normalized spacial score (nSPS) is 11.0. The number of hydrogen-bond acceptors (Lipinski definition) is 4. The van der Waals surface area contributed by atoms with E-state index in [0.717, 1.165) is 9.87 Å². The highest BCUT2D eigenvalue weighted by Crippen LogP contribution is 2.28. The number of benzene rings is 2. The maximum Gasteiger partial charge on any atom is 0.264 e. The van der Waals surface area contributed by atoms with E-state index in [9.17, 15) is 18.0 Å². The molecule has 2 rings (SSSR count). The molecule has 2 aromatic carbocycles. The van der Waals surface area contributed by atoms with Crippen LogP contribution in [-0.4, -0.2) is 26.8 Å². The van der Waals surface area contributed by atoms with Crippen LogP contribution in [0.1, 0.15) is 18.1 Å². The predicted molar refractivity (Wildman–Crippen MR) is 100 cm³/mol. The molecule has 0 unspecified atom stereocenters. The molecule has 2 aromatic rings. The Kier molecular flexibility index (Phi) is 5.66. The second-order valence-corrected chi connectivity index (χ2v) is 7.84. The zero-order valence-corrected chi connectivity index (χ0v) is 15.6. The molecule has 0 aliphatic heterocycles. The number of primary amides is 1. The average molecular weight is 375 g/mol. The first kappa shape index (κ1) is 19.5. The van der Waals surface area contributed by atoms with E-state index >= 15 is 0 Å². The lowest BCUT2D eigenvalue weighted by atomic mass is 10.1. The Hall–Kier alpha value is -2.87. The number of hydrogen-bond donors (Lipinski definition) is 2. The summed E-state index contributed by atoms with van der Waals surface area (Å²) in [7, 11) is -4.01. The van der Waals surface area contributed by atoms with Gasteiger partial charge in [-0.05, 0) is 55.3 Å². The maximum atomic E-state index is 13.1. The van der Waals surface area contributed by atoms with Crippen LogP contribution in [0.2, 0.25) is 0 Å². The molecule has 0 atom stereocenters. The van der Waals surface area contributed by atoms with Gasteiger partial charge in [0.15, 0.2) is 0 Å². The van der Waals surface area contributed by atoms with E-state index in [-0.39, 0.29) is 10.8 Å². The van der Waals surface area contributed by atoms with Crippen LogP contribution in [-0.2, 0) is 19.6 Å². The standard InChI is InChI=1S/C18H21N3O4S/c1-12-4-5-13(2)17(10-12)21(11-18(19)23)26(24,25)16-8-6-15(7-9-16)20-14(3)22/h4-10H,11H2,1-3H3,(H2,19,23)(H,20,22). The first-order valence-corrected chi connectivity index (χ1v) is 9.31. The van der Waals surface area contributed by atoms with Crippen molar-refractivity contribution in [3.63, 3.8) is 0 Å². The van der Waals surface area contributed by atoms with Gasteiger partial charge in [0.25, 0.3) is 10.0 Å². The van der Waals surface area contributed by atoms with Crippen molar-refractivity contribution in [3.8, 4) is 0 Å². The van der Waals surface area contributed by atoms with E-state index in [1.54, 1.807) is 19.1 Å². The second kappa shape index (κ2) is 7.57. The molecule has 0 saturated heterocycles. The summed E-state index contributed by atoms with van der Waals surface area (Å²) < 4.78 is 27.2. The number of nitrogens with zero attached hydrogens (tertiary/aromatic N) is 1. The third-order valence-corrected chi connectivity index (χ3v) is 5.47. The molecule has 0 fully saturated rings. The fraction of sp³-hybridized carbons (Fsp3) is 0.222. The molecular weight excluding hydrogens is 354 g/mol. The lowest BCUT2D eigenvalue weighted by Gasteiger charge is -2.25. The highest BCUT2D eigenvalue weighted by molar-refractivity contribution is 7.92. The molecule has 26 heavy (non-hydrogen) atoms. The first-order chi connectivity index (χ1) is 12.1. The molecule has 0 spiro atoms. The number of rotatable bonds is 6. The highest BCUT2D eigenvalue weighted by Gasteiger charge is 2.27. The van der Waals surface area contributed by atoms with Crippen molar-refractivity contribution in [1.82, 2.24) is 0 Å². The Bertz CT molecular complexity index is 937. The summed E-state index contributed by atoms with van der Waals surface area (Å²) in [4.78, 5) is 22.6. The molecule has 0 radical (unpaired) electrons. The number of carbonyl (C=O) groups excluding carboxylic acids is 2. The summed E-state index contributed by atoms with van der Waals surface area (Å²) in [5.41, 5.74) is 7.72. The van der Waals surface area contributed by atoms with E-state index in [0.29, 0.717) is 16.9 Å². The molecule has 0 aliphatic carbocycles.